The molecule has 0 aliphatic carbocycles. The number of anilines is 1. The van der Waals surface area contributed by atoms with E-state index in [0.717, 1.165) is 6.26 Å². The van der Waals surface area contributed by atoms with Crippen LogP contribution in [0.5, 0.6) is 0 Å². The molecule has 0 bridgehead atoms. The monoisotopic (exact) mass is 455 g/mol. The third kappa shape index (κ3) is 2.85. The molecule has 1 aliphatic rings. The minimum atomic E-state index is -4.89. The predicted molar refractivity (Wildman–Crippen MR) is 88.1 cm³/mol. The normalized spacial score (nSPS) is 31.1. The molecule has 26 heavy (non-hydrogen) atoms. The number of benzene rings is 1. The largest absolute Gasteiger partial charge is 0.416 e. The van der Waals surface area contributed by atoms with Crippen molar-refractivity contribution in [3.05, 3.63) is 28.5 Å². The Kier molecular flexibility index (Phi) is 5.47. The molecule has 0 spiro atoms. The first kappa shape index (κ1) is 21.4. The molecular weight excluding hydrogens is 448 g/mol. The van der Waals surface area contributed by atoms with Gasteiger partial charge in [0.1, 0.15) is 17.6 Å². The van der Waals surface area contributed by atoms with E-state index in [-0.39, 0.29) is 6.07 Å². The van der Waals surface area contributed by atoms with Crippen molar-refractivity contribution in [3.8, 4) is 6.07 Å². The lowest BCUT2D eigenvalue weighted by molar-refractivity contribution is -0.137. The molecule has 1 aliphatic heterocycles. The average molecular weight is 457 g/mol. The molecule has 4 atom stereocenters. The number of nitriles is 1. The molecular formula is C13H9Cl3F5N3OS. The summed E-state index contributed by atoms with van der Waals surface area (Å²) < 4.78 is 77.4. The molecule has 1 aromatic carbocycles. The quantitative estimate of drug-likeness (QED) is 0.283. The maximum Gasteiger partial charge on any atom is 0.416 e. The maximum absolute atomic E-state index is 14.9. The summed E-state index contributed by atoms with van der Waals surface area (Å²) in [5.74, 6) is -1.53. The Hall–Kier alpha value is -0.860. The van der Waals surface area contributed by atoms with Gasteiger partial charge in [-0.05, 0) is 24.3 Å². The molecule has 0 aromatic heterocycles. The van der Waals surface area contributed by atoms with Crippen LogP contribution in [0.4, 0.5) is 27.7 Å². The molecule has 1 aromatic rings. The Balaban J connectivity index is 2.71. The van der Waals surface area contributed by atoms with Gasteiger partial charge in [0.2, 0.25) is 0 Å². The molecule has 0 N–H and O–H groups in total. The standard InChI is InChI=1S/C13H9Cl3F5N3OS/c1-6-12(16,26(2)25)11(15,5-22)24(21)23(6)10-8(14)3-7(4-9(10)17)13(18,19)20/h3-4,6H,1-2H3. The first-order valence-electron chi connectivity index (χ1n) is 6.67. The van der Waals surface area contributed by atoms with Crippen molar-refractivity contribution in [1.82, 2.24) is 5.23 Å². The van der Waals surface area contributed by atoms with Crippen molar-refractivity contribution in [2.75, 3.05) is 11.3 Å². The lowest BCUT2D eigenvalue weighted by Gasteiger charge is -2.30. The first-order valence-corrected chi connectivity index (χ1v) is 9.36. The Morgan fingerprint density at radius 3 is 2.23 bits per heavy atom. The summed E-state index contributed by atoms with van der Waals surface area (Å²) in [6, 6.07) is 0.456. The first-order chi connectivity index (χ1) is 11.7. The molecule has 0 radical (unpaired) electrons. The number of alkyl halides is 5. The maximum atomic E-state index is 14.9. The van der Waals surface area contributed by atoms with E-state index in [9.17, 15) is 31.5 Å². The average Bonchev–Trinajstić information content (AvgIpc) is 2.67. The fourth-order valence-electron chi connectivity index (χ4n) is 2.64. The molecule has 2 rings (SSSR count). The number of hydrogen-bond donors (Lipinski definition) is 0. The SMILES string of the molecule is CC1N(c2c(F)cc(C(F)(F)F)cc2Cl)N(F)C(Cl)(C#N)C1(Cl)S(C)=O. The van der Waals surface area contributed by atoms with Gasteiger partial charge in [-0.1, -0.05) is 34.8 Å². The van der Waals surface area contributed by atoms with Crippen molar-refractivity contribution in [2.24, 2.45) is 0 Å². The van der Waals surface area contributed by atoms with Crippen LogP contribution in [0.3, 0.4) is 0 Å². The van der Waals surface area contributed by atoms with E-state index in [1.807, 2.05) is 0 Å². The number of rotatable bonds is 2. The summed E-state index contributed by atoms with van der Waals surface area (Å²) in [5.41, 5.74) is -2.22. The van der Waals surface area contributed by atoms with Gasteiger partial charge in [-0.25, -0.2) is 4.39 Å². The highest BCUT2D eigenvalue weighted by molar-refractivity contribution is 7.87. The molecule has 4 unspecified atom stereocenters. The summed E-state index contributed by atoms with van der Waals surface area (Å²) in [6.45, 7) is 1.18. The number of halogens is 8. The minimum Gasteiger partial charge on any atom is -0.266 e. The van der Waals surface area contributed by atoms with E-state index in [1.54, 1.807) is 0 Å². The van der Waals surface area contributed by atoms with Gasteiger partial charge in [-0.3, -0.25) is 9.22 Å². The minimum absolute atomic E-state index is 0.112. The zero-order valence-electron chi connectivity index (χ0n) is 12.9. The van der Waals surface area contributed by atoms with Gasteiger partial charge >= 0.3 is 6.18 Å². The van der Waals surface area contributed by atoms with E-state index in [0.29, 0.717) is 11.1 Å². The molecule has 13 heteroatoms. The third-order valence-electron chi connectivity index (χ3n) is 3.94. The van der Waals surface area contributed by atoms with Crippen LogP contribution in [0.2, 0.25) is 5.02 Å². The predicted octanol–water partition coefficient (Wildman–Crippen LogP) is 4.58. The van der Waals surface area contributed by atoms with E-state index >= 15 is 0 Å². The molecule has 1 fully saturated rings. The van der Waals surface area contributed by atoms with Crippen LogP contribution in [-0.2, 0) is 17.0 Å². The highest BCUT2D eigenvalue weighted by Crippen LogP contribution is 2.54. The fourth-order valence-corrected chi connectivity index (χ4v) is 4.78. The highest BCUT2D eigenvalue weighted by atomic mass is 35.5. The van der Waals surface area contributed by atoms with Crippen molar-refractivity contribution in [2.45, 2.75) is 28.3 Å². The van der Waals surface area contributed by atoms with E-state index in [4.69, 9.17) is 34.8 Å². The van der Waals surface area contributed by atoms with Crippen molar-refractivity contribution in [1.29, 1.82) is 5.26 Å². The molecule has 0 saturated carbocycles. The van der Waals surface area contributed by atoms with Crippen LogP contribution in [0.15, 0.2) is 12.1 Å². The zero-order chi connectivity index (χ0) is 20.2. The lowest BCUT2D eigenvalue weighted by atomic mass is 10.1. The van der Waals surface area contributed by atoms with Gasteiger partial charge in [0.15, 0.2) is 4.21 Å². The lowest BCUT2D eigenvalue weighted by Crippen LogP contribution is -2.52. The summed E-state index contributed by atoms with van der Waals surface area (Å²) in [7, 11) is -2.11. The smallest absolute Gasteiger partial charge is 0.266 e. The number of hydrazine groups is 1. The number of hydrogen-bond acceptors (Lipinski definition) is 4. The molecule has 1 heterocycles. The van der Waals surface area contributed by atoms with Crippen LogP contribution < -0.4 is 5.01 Å². The van der Waals surface area contributed by atoms with Crippen LogP contribution >= 0.6 is 34.8 Å². The zero-order valence-corrected chi connectivity index (χ0v) is 16.0. The molecule has 1 saturated heterocycles. The van der Waals surface area contributed by atoms with Gasteiger partial charge in [-0.2, -0.15) is 18.4 Å². The van der Waals surface area contributed by atoms with Crippen LogP contribution in [0.25, 0.3) is 0 Å². The topological polar surface area (TPSA) is 47.3 Å². The molecule has 144 valence electrons. The second kappa shape index (κ2) is 6.63. The van der Waals surface area contributed by atoms with Gasteiger partial charge in [0, 0.05) is 17.1 Å². The Morgan fingerprint density at radius 2 is 1.88 bits per heavy atom. The van der Waals surface area contributed by atoms with Crippen LogP contribution in [0.1, 0.15) is 12.5 Å². The Bertz CT molecular complexity index is 796. The molecule has 4 nitrogen and oxygen atoms in total. The van der Waals surface area contributed by atoms with Gasteiger partial charge in [-0.15, -0.1) is 4.48 Å². The summed E-state index contributed by atoms with van der Waals surface area (Å²) in [6.07, 6.45) is -3.83. The highest BCUT2D eigenvalue weighted by Gasteiger charge is 2.71. The van der Waals surface area contributed by atoms with Crippen molar-refractivity contribution >= 4 is 51.3 Å². The Labute approximate surface area is 162 Å². The number of nitrogens with zero attached hydrogens (tertiary/aromatic N) is 3. The third-order valence-corrected chi connectivity index (χ3v) is 7.67. The van der Waals surface area contributed by atoms with E-state index in [2.05, 4.69) is 0 Å². The summed E-state index contributed by atoms with van der Waals surface area (Å²) in [4.78, 5) is -2.73. The van der Waals surface area contributed by atoms with Gasteiger partial charge in [0.25, 0.3) is 5.00 Å². The second-order valence-electron chi connectivity index (χ2n) is 5.40. The Morgan fingerprint density at radius 1 is 1.35 bits per heavy atom. The summed E-state index contributed by atoms with van der Waals surface area (Å²) >= 11 is 17.9. The van der Waals surface area contributed by atoms with E-state index < -0.39 is 59.5 Å². The molecule has 0 amide bonds. The van der Waals surface area contributed by atoms with Gasteiger partial charge < -0.3 is 0 Å². The van der Waals surface area contributed by atoms with Crippen molar-refractivity contribution in [3.63, 3.8) is 0 Å². The second-order valence-corrected chi connectivity index (χ2v) is 8.73. The van der Waals surface area contributed by atoms with Crippen LogP contribution in [0, 0.1) is 17.1 Å². The summed E-state index contributed by atoms with van der Waals surface area (Å²) in [5, 5.41) is 8.36. The van der Waals surface area contributed by atoms with E-state index in [1.165, 1.54) is 13.0 Å². The van der Waals surface area contributed by atoms with Gasteiger partial charge in [0.05, 0.1) is 16.6 Å². The van der Waals surface area contributed by atoms with Crippen LogP contribution in [-0.4, -0.2) is 30.9 Å². The van der Waals surface area contributed by atoms with Crippen molar-refractivity contribution < 1.29 is 26.3 Å². The fraction of sp³-hybridized carbons (Fsp3) is 0.462.